The van der Waals surface area contributed by atoms with Crippen molar-refractivity contribution in [3.8, 4) is 5.69 Å². The first kappa shape index (κ1) is 12.0. The molecule has 1 aromatic carbocycles. The van der Waals surface area contributed by atoms with Crippen molar-refractivity contribution in [2.45, 2.75) is 33.1 Å². The molecule has 0 saturated carbocycles. The van der Waals surface area contributed by atoms with Crippen LogP contribution < -0.4 is 0 Å². The Morgan fingerprint density at radius 2 is 2.11 bits per heavy atom. The maximum Gasteiger partial charge on any atom is 0.356 e. The molecule has 0 amide bonds. The monoisotopic (exact) mass is 256 g/mol. The second kappa shape index (κ2) is 4.23. The van der Waals surface area contributed by atoms with Crippen LogP contribution in [0.4, 0.5) is 0 Å². The average molecular weight is 256 g/mol. The zero-order valence-corrected chi connectivity index (χ0v) is 11.1. The highest BCUT2D eigenvalue weighted by atomic mass is 16.4. The van der Waals surface area contributed by atoms with Crippen molar-refractivity contribution in [1.29, 1.82) is 0 Å². The molecule has 0 aliphatic heterocycles. The number of carboxylic acid groups (broad SMARTS) is 1. The second-order valence-corrected chi connectivity index (χ2v) is 5.13. The number of hydrogen-bond acceptors (Lipinski definition) is 2. The van der Waals surface area contributed by atoms with Crippen molar-refractivity contribution in [2.24, 2.45) is 0 Å². The van der Waals surface area contributed by atoms with E-state index in [4.69, 9.17) is 0 Å². The Kier molecular flexibility index (Phi) is 2.66. The molecule has 1 aliphatic rings. The minimum Gasteiger partial charge on any atom is -0.476 e. The quantitative estimate of drug-likeness (QED) is 0.898. The number of aromatic carboxylic acids is 1. The van der Waals surface area contributed by atoms with E-state index in [1.807, 2.05) is 24.6 Å². The van der Waals surface area contributed by atoms with Gasteiger partial charge in [-0.15, -0.1) is 0 Å². The number of aromatic nitrogens is 2. The minimum atomic E-state index is -0.929. The van der Waals surface area contributed by atoms with Crippen molar-refractivity contribution in [1.82, 2.24) is 9.78 Å². The summed E-state index contributed by atoms with van der Waals surface area (Å²) in [5.74, 6) is -0.929. The van der Waals surface area contributed by atoms with Crippen LogP contribution in [0.25, 0.3) is 5.69 Å². The van der Waals surface area contributed by atoms with Gasteiger partial charge in [-0.2, -0.15) is 5.10 Å². The van der Waals surface area contributed by atoms with Crippen LogP contribution in [0.15, 0.2) is 18.2 Å². The maximum absolute atomic E-state index is 11.3. The highest BCUT2D eigenvalue weighted by molar-refractivity contribution is 5.87. The largest absolute Gasteiger partial charge is 0.476 e. The summed E-state index contributed by atoms with van der Waals surface area (Å²) in [5.41, 5.74) is 5.44. The predicted octanol–water partition coefficient (Wildman–Crippen LogP) is 2.68. The summed E-state index contributed by atoms with van der Waals surface area (Å²) in [7, 11) is 0. The summed E-state index contributed by atoms with van der Waals surface area (Å²) in [4.78, 5) is 11.3. The third-order valence-electron chi connectivity index (χ3n) is 3.73. The highest BCUT2D eigenvalue weighted by Crippen LogP contribution is 2.29. The van der Waals surface area contributed by atoms with E-state index in [1.54, 1.807) is 0 Å². The van der Waals surface area contributed by atoms with Crippen molar-refractivity contribution in [3.63, 3.8) is 0 Å². The summed E-state index contributed by atoms with van der Waals surface area (Å²) in [6.07, 6.45) is 2.74. The van der Waals surface area contributed by atoms with Crippen molar-refractivity contribution in [3.05, 3.63) is 46.3 Å². The minimum absolute atomic E-state index is 0.216. The number of hydrogen-bond donors (Lipinski definition) is 1. The van der Waals surface area contributed by atoms with Gasteiger partial charge in [0.1, 0.15) is 0 Å². The van der Waals surface area contributed by atoms with Gasteiger partial charge < -0.3 is 5.11 Å². The van der Waals surface area contributed by atoms with E-state index in [-0.39, 0.29) is 5.69 Å². The fourth-order valence-electron chi connectivity index (χ4n) is 2.76. The molecule has 1 heterocycles. The molecule has 4 heteroatoms. The molecule has 1 aliphatic carbocycles. The van der Waals surface area contributed by atoms with Crippen molar-refractivity contribution in [2.75, 3.05) is 0 Å². The normalized spacial score (nSPS) is 13.6. The number of aryl methyl sites for hydroxylation is 2. The van der Waals surface area contributed by atoms with Gasteiger partial charge in [0.2, 0.25) is 0 Å². The number of benzene rings is 1. The van der Waals surface area contributed by atoms with Crippen LogP contribution in [-0.2, 0) is 12.8 Å². The smallest absolute Gasteiger partial charge is 0.356 e. The molecule has 2 aromatic rings. The Morgan fingerprint density at radius 1 is 1.32 bits per heavy atom. The van der Waals surface area contributed by atoms with Gasteiger partial charge in [-0.1, -0.05) is 12.1 Å². The number of carbonyl (C=O) groups is 1. The molecule has 1 N–H and O–H groups in total. The maximum atomic E-state index is 11.3. The van der Waals surface area contributed by atoms with Gasteiger partial charge in [0.05, 0.1) is 5.69 Å². The molecule has 3 rings (SSSR count). The molecule has 98 valence electrons. The molecule has 0 atom stereocenters. The van der Waals surface area contributed by atoms with E-state index < -0.39 is 5.97 Å². The van der Waals surface area contributed by atoms with Gasteiger partial charge in [-0.05, 0) is 50.3 Å². The molecule has 0 saturated heterocycles. The SMILES string of the molecule is Cc1ccc(C)c(-n2nc(C(=O)O)c3c2CCC3)c1. The van der Waals surface area contributed by atoms with Crippen LogP contribution in [0.1, 0.15) is 39.3 Å². The Bertz CT molecular complexity index is 671. The first-order valence-corrected chi connectivity index (χ1v) is 6.49. The molecule has 0 spiro atoms. The van der Waals surface area contributed by atoms with E-state index in [2.05, 4.69) is 17.2 Å². The summed E-state index contributed by atoms with van der Waals surface area (Å²) < 4.78 is 1.83. The Balaban J connectivity index is 2.23. The van der Waals surface area contributed by atoms with E-state index in [0.29, 0.717) is 0 Å². The zero-order chi connectivity index (χ0) is 13.6. The Labute approximate surface area is 111 Å². The highest BCUT2D eigenvalue weighted by Gasteiger charge is 2.26. The molecule has 0 bridgehead atoms. The van der Waals surface area contributed by atoms with Gasteiger partial charge in [0, 0.05) is 11.3 Å². The lowest BCUT2D eigenvalue weighted by molar-refractivity contribution is 0.0689. The molecule has 4 nitrogen and oxygen atoms in total. The summed E-state index contributed by atoms with van der Waals surface area (Å²) in [6, 6.07) is 6.17. The van der Waals surface area contributed by atoms with Gasteiger partial charge in [0.15, 0.2) is 5.69 Å². The molecule has 0 fully saturated rings. The molecular formula is C15H16N2O2. The molecule has 19 heavy (non-hydrogen) atoms. The lowest BCUT2D eigenvalue weighted by atomic mass is 10.1. The second-order valence-electron chi connectivity index (χ2n) is 5.13. The number of carboxylic acids is 1. The lowest BCUT2D eigenvalue weighted by Crippen LogP contribution is -2.06. The topological polar surface area (TPSA) is 55.1 Å². The van der Waals surface area contributed by atoms with Crippen molar-refractivity contribution < 1.29 is 9.90 Å². The predicted molar refractivity (Wildman–Crippen MR) is 72.0 cm³/mol. The van der Waals surface area contributed by atoms with Crippen LogP contribution in [0.3, 0.4) is 0 Å². The zero-order valence-electron chi connectivity index (χ0n) is 11.1. The van der Waals surface area contributed by atoms with Crippen LogP contribution in [-0.4, -0.2) is 20.9 Å². The van der Waals surface area contributed by atoms with Crippen LogP contribution in [0.5, 0.6) is 0 Å². The third kappa shape index (κ3) is 1.84. The molecule has 0 unspecified atom stereocenters. The summed E-state index contributed by atoms with van der Waals surface area (Å²) >= 11 is 0. The molecule has 0 radical (unpaired) electrons. The van der Waals surface area contributed by atoms with E-state index >= 15 is 0 Å². The number of rotatable bonds is 2. The molecule has 1 aromatic heterocycles. The Hall–Kier alpha value is -2.10. The van der Waals surface area contributed by atoms with Gasteiger partial charge in [-0.25, -0.2) is 9.48 Å². The standard InChI is InChI=1S/C15H16N2O2/c1-9-6-7-10(2)13(8-9)17-12-5-3-4-11(12)14(16-17)15(18)19/h6-8H,3-5H2,1-2H3,(H,18,19). The first-order chi connectivity index (χ1) is 9.08. The third-order valence-corrected chi connectivity index (χ3v) is 3.73. The Morgan fingerprint density at radius 3 is 2.84 bits per heavy atom. The summed E-state index contributed by atoms with van der Waals surface area (Å²) in [5, 5.41) is 13.6. The summed E-state index contributed by atoms with van der Waals surface area (Å²) in [6.45, 7) is 4.06. The van der Waals surface area contributed by atoms with Crippen LogP contribution >= 0.6 is 0 Å². The van der Waals surface area contributed by atoms with Crippen molar-refractivity contribution >= 4 is 5.97 Å². The van der Waals surface area contributed by atoms with Gasteiger partial charge >= 0.3 is 5.97 Å². The van der Waals surface area contributed by atoms with Gasteiger partial charge in [-0.3, -0.25) is 0 Å². The lowest BCUT2D eigenvalue weighted by Gasteiger charge is -2.10. The number of nitrogens with zero attached hydrogens (tertiary/aromatic N) is 2. The fraction of sp³-hybridized carbons (Fsp3) is 0.333. The molecular weight excluding hydrogens is 240 g/mol. The van der Waals surface area contributed by atoms with Crippen LogP contribution in [0.2, 0.25) is 0 Å². The first-order valence-electron chi connectivity index (χ1n) is 6.49. The van der Waals surface area contributed by atoms with E-state index in [9.17, 15) is 9.90 Å². The van der Waals surface area contributed by atoms with E-state index in [0.717, 1.165) is 47.3 Å². The van der Waals surface area contributed by atoms with E-state index in [1.165, 1.54) is 0 Å². The average Bonchev–Trinajstić information content (AvgIpc) is 2.93. The van der Waals surface area contributed by atoms with Crippen LogP contribution in [0, 0.1) is 13.8 Å². The fourth-order valence-corrected chi connectivity index (χ4v) is 2.76. The number of fused-ring (bicyclic) bond motifs is 1. The van der Waals surface area contributed by atoms with Gasteiger partial charge in [0.25, 0.3) is 0 Å².